The Labute approximate surface area is 99.8 Å². The molecule has 0 aliphatic carbocycles. The minimum Gasteiger partial charge on any atom is -0.481 e. The van der Waals surface area contributed by atoms with Gasteiger partial charge in [-0.2, -0.15) is 13.2 Å². The maximum absolute atomic E-state index is 12.3. The number of nitrogens with two attached hydrogens (primary N) is 1. The van der Waals surface area contributed by atoms with E-state index in [1.807, 2.05) is 0 Å². The highest BCUT2D eigenvalue weighted by atomic mass is 32.2. The van der Waals surface area contributed by atoms with E-state index < -0.39 is 23.9 Å². The standard InChI is InChI=1S/C10H10F3NO2S/c11-10(12,13)17-8-4-2-1-3-6(8)7(14)5-9(15)16/h1-4,7H,5,14H2,(H,15,16). The predicted octanol–water partition coefficient (Wildman–Crippen LogP) is 2.77. The Morgan fingerprint density at radius 1 is 1.41 bits per heavy atom. The summed E-state index contributed by atoms with van der Waals surface area (Å²) >= 11 is -0.290. The van der Waals surface area contributed by atoms with Crippen LogP contribution in [0.1, 0.15) is 18.0 Å². The molecule has 0 aliphatic heterocycles. The quantitative estimate of drug-likeness (QED) is 0.822. The molecule has 0 fully saturated rings. The zero-order valence-corrected chi connectivity index (χ0v) is 9.39. The van der Waals surface area contributed by atoms with Crippen LogP contribution in [0.25, 0.3) is 0 Å². The molecule has 7 heteroatoms. The number of alkyl halides is 3. The molecule has 1 atom stereocenters. The average Bonchev–Trinajstić information content (AvgIpc) is 2.14. The average molecular weight is 265 g/mol. The summed E-state index contributed by atoms with van der Waals surface area (Å²) in [7, 11) is 0. The number of benzene rings is 1. The van der Waals surface area contributed by atoms with Gasteiger partial charge in [-0.1, -0.05) is 18.2 Å². The molecule has 0 spiro atoms. The Morgan fingerprint density at radius 3 is 2.53 bits per heavy atom. The van der Waals surface area contributed by atoms with Gasteiger partial charge in [-0.25, -0.2) is 0 Å². The second kappa shape index (κ2) is 5.42. The van der Waals surface area contributed by atoms with Crippen LogP contribution in [0.3, 0.4) is 0 Å². The summed E-state index contributed by atoms with van der Waals surface area (Å²) in [4.78, 5) is 10.4. The Kier molecular flexibility index (Phi) is 4.41. The van der Waals surface area contributed by atoms with Gasteiger partial charge in [0.05, 0.1) is 6.42 Å². The second-order valence-electron chi connectivity index (χ2n) is 3.29. The van der Waals surface area contributed by atoms with Crippen LogP contribution in [-0.2, 0) is 4.79 Å². The van der Waals surface area contributed by atoms with Crippen molar-refractivity contribution in [3.05, 3.63) is 29.8 Å². The van der Waals surface area contributed by atoms with Gasteiger partial charge in [0.25, 0.3) is 0 Å². The molecule has 1 aromatic carbocycles. The molecular weight excluding hydrogens is 255 g/mol. The fourth-order valence-corrected chi connectivity index (χ4v) is 2.04. The molecule has 1 aromatic rings. The first-order valence-electron chi connectivity index (χ1n) is 4.61. The molecule has 0 aromatic heterocycles. The number of thioether (sulfide) groups is 1. The third-order valence-corrected chi connectivity index (χ3v) is 2.76. The molecule has 0 aliphatic rings. The van der Waals surface area contributed by atoms with Crippen LogP contribution in [0.2, 0.25) is 0 Å². The van der Waals surface area contributed by atoms with E-state index in [1.165, 1.54) is 24.3 Å². The zero-order valence-electron chi connectivity index (χ0n) is 8.57. The minimum absolute atomic E-state index is 0.0613. The Balaban J connectivity index is 2.95. The molecule has 0 amide bonds. The van der Waals surface area contributed by atoms with Crippen LogP contribution >= 0.6 is 11.8 Å². The van der Waals surface area contributed by atoms with E-state index in [2.05, 4.69) is 0 Å². The second-order valence-corrected chi connectivity index (χ2v) is 4.40. The third-order valence-electron chi connectivity index (χ3n) is 1.94. The fourth-order valence-electron chi connectivity index (χ4n) is 1.30. The van der Waals surface area contributed by atoms with Crippen LogP contribution in [-0.4, -0.2) is 16.6 Å². The molecule has 17 heavy (non-hydrogen) atoms. The number of carbonyl (C=O) groups is 1. The van der Waals surface area contributed by atoms with Crippen molar-refractivity contribution in [1.29, 1.82) is 0 Å². The first kappa shape index (κ1) is 13.9. The van der Waals surface area contributed by atoms with E-state index >= 15 is 0 Å². The van der Waals surface area contributed by atoms with E-state index in [1.54, 1.807) is 0 Å². The van der Waals surface area contributed by atoms with E-state index in [9.17, 15) is 18.0 Å². The van der Waals surface area contributed by atoms with E-state index in [-0.39, 0.29) is 22.2 Å². The van der Waals surface area contributed by atoms with Crippen molar-refractivity contribution in [1.82, 2.24) is 0 Å². The van der Waals surface area contributed by atoms with Crippen LogP contribution in [0.5, 0.6) is 0 Å². The number of carboxylic acid groups (broad SMARTS) is 1. The number of hydrogen-bond acceptors (Lipinski definition) is 3. The highest BCUT2D eigenvalue weighted by Crippen LogP contribution is 2.40. The number of carboxylic acids is 1. The van der Waals surface area contributed by atoms with Crippen molar-refractivity contribution >= 4 is 17.7 Å². The van der Waals surface area contributed by atoms with Crippen molar-refractivity contribution < 1.29 is 23.1 Å². The molecule has 0 saturated carbocycles. The lowest BCUT2D eigenvalue weighted by Crippen LogP contribution is -2.16. The van der Waals surface area contributed by atoms with Crippen molar-refractivity contribution in [2.24, 2.45) is 5.73 Å². The predicted molar refractivity (Wildman–Crippen MR) is 57.5 cm³/mol. The SMILES string of the molecule is NC(CC(=O)O)c1ccccc1SC(F)(F)F. The van der Waals surface area contributed by atoms with Gasteiger partial charge in [0.2, 0.25) is 0 Å². The summed E-state index contributed by atoms with van der Waals surface area (Å²) in [5.74, 6) is -1.15. The Hall–Kier alpha value is -1.21. The zero-order chi connectivity index (χ0) is 13.1. The van der Waals surface area contributed by atoms with Gasteiger partial charge >= 0.3 is 11.5 Å². The normalized spacial score (nSPS) is 13.4. The molecule has 0 bridgehead atoms. The molecule has 1 rings (SSSR count). The maximum atomic E-state index is 12.3. The lowest BCUT2D eigenvalue weighted by Gasteiger charge is -2.15. The van der Waals surface area contributed by atoms with E-state index in [4.69, 9.17) is 10.8 Å². The number of aliphatic carboxylic acids is 1. The van der Waals surface area contributed by atoms with Gasteiger partial charge in [0.15, 0.2) is 0 Å². The van der Waals surface area contributed by atoms with Gasteiger partial charge in [0, 0.05) is 10.9 Å². The first-order chi connectivity index (χ1) is 7.79. The molecule has 94 valence electrons. The molecule has 3 N–H and O–H groups in total. The monoisotopic (exact) mass is 265 g/mol. The molecule has 0 heterocycles. The number of halogens is 3. The summed E-state index contributed by atoms with van der Waals surface area (Å²) in [5, 5.41) is 8.56. The van der Waals surface area contributed by atoms with Crippen LogP contribution in [0.15, 0.2) is 29.2 Å². The maximum Gasteiger partial charge on any atom is 0.446 e. The first-order valence-corrected chi connectivity index (χ1v) is 5.43. The van der Waals surface area contributed by atoms with Crippen molar-refractivity contribution in [3.8, 4) is 0 Å². The molecule has 0 radical (unpaired) electrons. The summed E-state index contributed by atoms with van der Waals surface area (Å²) in [6.45, 7) is 0. The summed E-state index contributed by atoms with van der Waals surface area (Å²) < 4.78 is 36.8. The van der Waals surface area contributed by atoms with Gasteiger partial charge in [0.1, 0.15) is 0 Å². The lowest BCUT2D eigenvalue weighted by molar-refractivity contribution is -0.137. The van der Waals surface area contributed by atoms with Crippen LogP contribution < -0.4 is 5.73 Å². The van der Waals surface area contributed by atoms with Crippen molar-refractivity contribution in [2.75, 3.05) is 0 Å². The lowest BCUT2D eigenvalue weighted by atomic mass is 10.1. The highest BCUT2D eigenvalue weighted by molar-refractivity contribution is 8.00. The largest absolute Gasteiger partial charge is 0.481 e. The molecule has 0 saturated heterocycles. The Morgan fingerprint density at radius 2 is 2.00 bits per heavy atom. The number of rotatable bonds is 4. The third kappa shape index (κ3) is 4.66. The molecular formula is C10H10F3NO2S. The topological polar surface area (TPSA) is 63.3 Å². The minimum atomic E-state index is -4.42. The van der Waals surface area contributed by atoms with Crippen molar-refractivity contribution in [3.63, 3.8) is 0 Å². The fraction of sp³-hybridized carbons (Fsp3) is 0.300. The van der Waals surface area contributed by atoms with Crippen LogP contribution in [0, 0.1) is 0 Å². The smallest absolute Gasteiger partial charge is 0.446 e. The van der Waals surface area contributed by atoms with Gasteiger partial charge < -0.3 is 10.8 Å². The molecule has 1 unspecified atom stereocenters. The van der Waals surface area contributed by atoms with Gasteiger partial charge in [-0.3, -0.25) is 4.79 Å². The van der Waals surface area contributed by atoms with E-state index in [0.29, 0.717) is 0 Å². The van der Waals surface area contributed by atoms with Gasteiger partial charge in [-0.05, 0) is 23.4 Å². The van der Waals surface area contributed by atoms with Gasteiger partial charge in [-0.15, -0.1) is 0 Å². The van der Waals surface area contributed by atoms with Crippen molar-refractivity contribution in [2.45, 2.75) is 22.9 Å². The highest BCUT2D eigenvalue weighted by Gasteiger charge is 2.31. The number of hydrogen-bond donors (Lipinski definition) is 2. The summed E-state index contributed by atoms with van der Waals surface area (Å²) in [6, 6.07) is 4.71. The van der Waals surface area contributed by atoms with E-state index in [0.717, 1.165) is 0 Å². The molecule has 3 nitrogen and oxygen atoms in total. The Bertz CT molecular complexity index is 409. The van der Waals surface area contributed by atoms with Crippen LogP contribution in [0.4, 0.5) is 13.2 Å². The summed E-state index contributed by atoms with van der Waals surface area (Å²) in [5.41, 5.74) is 1.33. The summed E-state index contributed by atoms with van der Waals surface area (Å²) in [6.07, 6.45) is -0.407.